The van der Waals surface area contributed by atoms with Crippen molar-refractivity contribution in [2.24, 2.45) is 0 Å². The summed E-state index contributed by atoms with van der Waals surface area (Å²) in [4.78, 5) is 29.1. The third-order valence-electron chi connectivity index (χ3n) is 3.78. The first-order chi connectivity index (χ1) is 10.9. The van der Waals surface area contributed by atoms with Gasteiger partial charge in [0.15, 0.2) is 0 Å². The zero-order chi connectivity index (χ0) is 16.7. The van der Waals surface area contributed by atoms with Gasteiger partial charge >= 0.3 is 5.97 Å². The van der Waals surface area contributed by atoms with E-state index in [1.807, 2.05) is 19.9 Å². The minimum absolute atomic E-state index is 0.189. The van der Waals surface area contributed by atoms with E-state index in [4.69, 9.17) is 9.15 Å². The number of ether oxygens (including phenoxy) is 1. The molecule has 0 spiro atoms. The van der Waals surface area contributed by atoms with Gasteiger partial charge in [-0.2, -0.15) is 0 Å². The summed E-state index contributed by atoms with van der Waals surface area (Å²) in [6.07, 6.45) is 0. The number of aromatic nitrogens is 1. The molecule has 3 aromatic rings. The quantitative estimate of drug-likeness (QED) is 0.535. The molecule has 5 nitrogen and oxygen atoms in total. The summed E-state index contributed by atoms with van der Waals surface area (Å²) >= 11 is 0. The molecule has 0 aliphatic carbocycles. The Morgan fingerprint density at radius 3 is 2.61 bits per heavy atom. The van der Waals surface area contributed by atoms with Crippen LogP contribution in [0.2, 0.25) is 0 Å². The van der Waals surface area contributed by atoms with Gasteiger partial charge in [-0.15, -0.1) is 0 Å². The molecule has 0 N–H and O–H groups in total. The third-order valence-corrected chi connectivity index (χ3v) is 3.78. The Hall–Kier alpha value is -2.69. The van der Waals surface area contributed by atoms with E-state index in [0.717, 1.165) is 11.1 Å². The van der Waals surface area contributed by atoms with E-state index in [1.165, 1.54) is 6.07 Å². The van der Waals surface area contributed by atoms with Crippen molar-refractivity contribution < 1.29 is 13.9 Å². The fourth-order valence-electron chi connectivity index (χ4n) is 2.74. The normalized spacial score (nSPS) is 11.1. The Bertz CT molecular complexity index is 1000. The number of fused-ring (bicyclic) bond motifs is 2. The zero-order valence-electron chi connectivity index (χ0n) is 13.5. The van der Waals surface area contributed by atoms with Gasteiger partial charge in [0.2, 0.25) is 11.1 Å². The third kappa shape index (κ3) is 2.48. The van der Waals surface area contributed by atoms with Gasteiger partial charge in [-0.05, 0) is 51.0 Å². The second kappa shape index (κ2) is 5.50. The lowest BCUT2D eigenvalue weighted by atomic mass is 10.1. The van der Waals surface area contributed by atoms with Crippen molar-refractivity contribution >= 4 is 28.0 Å². The summed E-state index contributed by atoms with van der Waals surface area (Å²) in [6, 6.07) is 5.26. The van der Waals surface area contributed by atoms with Crippen molar-refractivity contribution in [3.8, 4) is 0 Å². The first-order valence-corrected chi connectivity index (χ1v) is 7.45. The van der Waals surface area contributed by atoms with E-state index in [1.54, 1.807) is 19.9 Å². The highest BCUT2D eigenvalue weighted by Gasteiger charge is 2.17. The molecule has 0 saturated heterocycles. The van der Waals surface area contributed by atoms with Crippen LogP contribution in [0.3, 0.4) is 0 Å². The van der Waals surface area contributed by atoms with Gasteiger partial charge in [0, 0.05) is 0 Å². The van der Waals surface area contributed by atoms with Gasteiger partial charge in [-0.3, -0.25) is 4.79 Å². The predicted molar refractivity (Wildman–Crippen MR) is 88.0 cm³/mol. The van der Waals surface area contributed by atoms with Gasteiger partial charge in [0.1, 0.15) is 5.58 Å². The summed E-state index contributed by atoms with van der Waals surface area (Å²) in [5.74, 6) is -0.487. The number of rotatable bonds is 2. The standard InChI is InChI=1S/C18H17NO4/c1-5-22-18(21)12-8-14-15(20)13-7-9(2)6-10(3)16(13)23-17(14)19-11(12)4/h6-8H,5H2,1-4H3. The Labute approximate surface area is 132 Å². The lowest BCUT2D eigenvalue weighted by Crippen LogP contribution is -2.11. The Balaban J connectivity index is 2.39. The van der Waals surface area contributed by atoms with Crippen LogP contribution in [0.1, 0.15) is 34.1 Å². The molecule has 0 aliphatic heterocycles. The summed E-state index contributed by atoms with van der Waals surface area (Å²) < 4.78 is 10.8. The van der Waals surface area contributed by atoms with Crippen molar-refractivity contribution in [2.45, 2.75) is 27.7 Å². The van der Waals surface area contributed by atoms with E-state index < -0.39 is 5.97 Å². The highest BCUT2D eigenvalue weighted by molar-refractivity contribution is 5.96. The molecular weight excluding hydrogens is 294 g/mol. The van der Waals surface area contributed by atoms with Crippen LogP contribution in [0.5, 0.6) is 0 Å². The highest BCUT2D eigenvalue weighted by atomic mass is 16.5. The highest BCUT2D eigenvalue weighted by Crippen LogP contribution is 2.23. The molecular formula is C18H17NO4. The maximum Gasteiger partial charge on any atom is 0.339 e. The average molecular weight is 311 g/mol. The van der Waals surface area contributed by atoms with Crippen molar-refractivity contribution in [3.63, 3.8) is 0 Å². The fraction of sp³-hybridized carbons (Fsp3) is 0.278. The van der Waals surface area contributed by atoms with E-state index in [0.29, 0.717) is 16.7 Å². The second-order valence-corrected chi connectivity index (χ2v) is 5.58. The lowest BCUT2D eigenvalue weighted by Gasteiger charge is -2.08. The fourth-order valence-corrected chi connectivity index (χ4v) is 2.74. The van der Waals surface area contributed by atoms with E-state index >= 15 is 0 Å². The molecule has 2 aromatic heterocycles. The largest absolute Gasteiger partial charge is 0.462 e. The van der Waals surface area contributed by atoms with Crippen LogP contribution in [0.25, 0.3) is 22.1 Å². The molecule has 0 saturated carbocycles. The number of pyridine rings is 1. The number of carbonyl (C=O) groups is 1. The summed E-state index contributed by atoms with van der Waals surface area (Å²) in [5, 5.41) is 0.784. The number of benzene rings is 1. The number of hydrogen-bond acceptors (Lipinski definition) is 5. The molecule has 0 aliphatic rings. The summed E-state index contributed by atoms with van der Waals surface area (Å²) in [5.41, 5.74) is 3.20. The van der Waals surface area contributed by atoms with Crippen LogP contribution < -0.4 is 5.43 Å². The van der Waals surface area contributed by atoms with Gasteiger partial charge in [0.05, 0.1) is 28.6 Å². The predicted octanol–water partition coefficient (Wildman–Crippen LogP) is 3.44. The Morgan fingerprint density at radius 1 is 1.17 bits per heavy atom. The topological polar surface area (TPSA) is 69.4 Å². The summed E-state index contributed by atoms with van der Waals surface area (Å²) in [6.45, 7) is 7.51. The molecule has 5 heteroatoms. The number of hydrogen-bond donors (Lipinski definition) is 0. The van der Waals surface area contributed by atoms with E-state index in [2.05, 4.69) is 4.98 Å². The first-order valence-electron chi connectivity index (χ1n) is 7.45. The SMILES string of the molecule is CCOC(=O)c1cc2c(=O)c3cc(C)cc(C)c3oc2nc1C. The first kappa shape index (κ1) is 15.2. The van der Waals surface area contributed by atoms with Crippen molar-refractivity contribution in [1.29, 1.82) is 0 Å². The molecule has 2 heterocycles. The molecule has 0 atom stereocenters. The molecule has 1 aromatic carbocycles. The monoisotopic (exact) mass is 311 g/mol. The molecule has 0 fully saturated rings. The maximum atomic E-state index is 12.8. The molecule has 0 radical (unpaired) electrons. The van der Waals surface area contributed by atoms with Gasteiger partial charge in [-0.1, -0.05) is 6.07 Å². The van der Waals surface area contributed by atoms with Gasteiger partial charge in [0.25, 0.3) is 0 Å². The van der Waals surface area contributed by atoms with Crippen LogP contribution >= 0.6 is 0 Å². The van der Waals surface area contributed by atoms with Crippen LogP contribution in [0.15, 0.2) is 27.4 Å². The Kier molecular flexibility index (Phi) is 3.64. The van der Waals surface area contributed by atoms with Crippen molar-refractivity contribution in [1.82, 2.24) is 4.98 Å². The van der Waals surface area contributed by atoms with Crippen LogP contribution in [-0.2, 0) is 4.74 Å². The van der Waals surface area contributed by atoms with Crippen LogP contribution in [0.4, 0.5) is 0 Å². The number of nitrogens with zero attached hydrogens (tertiary/aromatic N) is 1. The minimum Gasteiger partial charge on any atom is -0.462 e. The molecule has 0 bridgehead atoms. The molecule has 0 unspecified atom stereocenters. The number of esters is 1. The van der Waals surface area contributed by atoms with Crippen LogP contribution in [-0.4, -0.2) is 17.6 Å². The average Bonchev–Trinajstić information content (AvgIpc) is 2.48. The van der Waals surface area contributed by atoms with E-state index in [9.17, 15) is 9.59 Å². The lowest BCUT2D eigenvalue weighted by molar-refractivity contribution is 0.0525. The van der Waals surface area contributed by atoms with Gasteiger partial charge in [-0.25, -0.2) is 9.78 Å². The number of carbonyl (C=O) groups excluding carboxylic acids is 1. The molecule has 118 valence electrons. The maximum absolute atomic E-state index is 12.8. The van der Waals surface area contributed by atoms with Crippen molar-refractivity contribution in [3.05, 3.63) is 50.8 Å². The van der Waals surface area contributed by atoms with Crippen molar-refractivity contribution in [2.75, 3.05) is 6.61 Å². The summed E-state index contributed by atoms with van der Waals surface area (Å²) in [7, 11) is 0. The molecule has 23 heavy (non-hydrogen) atoms. The Morgan fingerprint density at radius 2 is 1.91 bits per heavy atom. The van der Waals surface area contributed by atoms with Crippen LogP contribution in [0, 0.1) is 20.8 Å². The minimum atomic E-state index is -0.487. The zero-order valence-corrected chi connectivity index (χ0v) is 13.5. The second-order valence-electron chi connectivity index (χ2n) is 5.58. The van der Waals surface area contributed by atoms with E-state index in [-0.39, 0.29) is 28.7 Å². The smallest absolute Gasteiger partial charge is 0.339 e. The molecule has 0 amide bonds. The molecule has 3 rings (SSSR count). The number of aryl methyl sites for hydroxylation is 3. The van der Waals surface area contributed by atoms with Gasteiger partial charge < -0.3 is 9.15 Å².